The van der Waals surface area contributed by atoms with E-state index in [1.54, 1.807) is 0 Å². The summed E-state index contributed by atoms with van der Waals surface area (Å²) >= 11 is 0. The van der Waals surface area contributed by atoms with Crippen LogP contribution in [0.15, 0.2) is 0 Å². The normalized spacial score (nSPS) is 28.5. The fourth-order valence-corrected chi connectivity index (χ4v) is 2.52. The van der Waals surface area contributed by atoms with E-state index in [9.17, 15) is 9.90 Å². The van der Waals surface area contributed by atoms with Gasteiger partial charge in [0.15, 0.2) is 0 Å². The van der Waals surface area contributed by atoms with Crippen LogP contribution in [0.3, 0.4) is 0 Å². The highest BCUT2D eigenvalue weighted by Gasteiger charge is 2.36. The van der Waals surface area contributed by atoms with Crippen LogP contribution in [-0.2, 0) is 4.74 Å². The summed E-state index contributed by atoms with van der Waals surface area (Å²) < 4.78 is 5.16. The van der Waals surface area contributed by atoms with E-state index >= 15 is 0 Å². The van der Waals surface area contributed by atoms with Crippen LogP contribution in [0.25, 0.3) is 0 Å². The van der Waals surface area contributed by atoms with Crippen LogP contribution in [0.2, 0.25) is 0 Å². The summed E-state index contributed by atoms with van der Waals surface area (Å²) in [5, 5.41) is 9.45. The third-order valence-electron chi connectivity index (χ3n) is 3.91. The molecule has 1 rings (SSSR count). The first-order valence-corrected chi connectivity index (χ1v) is 5.99. The van der Waals surface area contributed by atoms with E-state index in [1.165, 1.54) is 0 Å². The van der Waals surface area contributed by atoms with Crippen LogP contribution in [-0.4, -0.2) is 22.9 Å². The number of rotatable bonds is 3. The van der Waals surface area contributed by atoms with E-state index in [4.69, 9.17) is 10.5 Å². The van der Waals surface area contributed by atoms with Crippen LogP contribution >= 0.6 is 0 Å². The van der Waals surface area contributed by atoms with Crippen molar-refractivity contribution in [3.8, 4) is 0 Å². The van der Waals surface area contributed by atoms with Crippen molar-refractivity contribution in [1.29, 1.82) is 0 Å². The first-order chi connectivity index (χ1) is 7.33. The molecular weight excluding hydrogens is 206 g/mol. The Kier molecular flexibility index (Phi) is 4.19. The zero-order chi connectivity index (χ0) is 12.3. The van der Waals surface area contributed by atoms with Gasteiger partial charge in [-0.05, 0) is 51.4 Å². The Bertz CT molecular complexity index is 245. The topological polar surface area (TPSA) is 72.6 Å². The molecule has 1 aliphatic carbocycles. The van der Waals surface area contributed by atoms with Crippen LogP contribution in [0.1, 0.15) is 46.5 Å². The molecule has 4 nitrogen and oxygen atoms in total. The minimum Gasteiger partial charge on any atom is -0.443 e. The van der Waals surface area contributed by atoms with Crippen molar-refractivity contribution < 1.29 is 14.6 Å². The molecule has 0 spiro atoms. The second kappa shape index (κ2) is 5.04. The molecule has 1 saturated carbocycles. The molecule has 0 aromatic heterocycles. The third-order valence-corrected chi connectivity index (χ3v) is 3.91. The number of nitrogens with two attached hydrogens (primary N) is 1. The van der Waals surface area contributed by atoms with Crippen LogP contribution in [0.5, 0.6) is 0 Å². The molecule has 1 fully saturated rings. The number of hydrogen-bond donors (Lipinski definition) is 2. The highest BCUT2D eigenvalue weighted by Crippen LogP contribution is 2.37. The smallest absolute Gasteiger partial charge is 0.405 e. The lowest BCUT2D eigenvalue weighted by Crippen LogP contribution is -2.41. The van der Waals surface area contributed by atoms with Crippen LogP contribution in [0.4, 0.5) is 4.79 Å². The molecule has 1 unspecified atom stereocenters. The van der Waals surface area contributed by atoms with Crippen molar-refractivity contribution in [2.45, 2.75) is 58.2 Å². The summed E-state index contributed by atoms with van der Waals surface area (Å²) in [6.45, 7) is 5.88. The van der Waals surface area contributed by atoms with Crippen molar-refractivity contribution in [3.05, 3.63) is 0 Å². The van der Waals surface area contributed by atoms with Crippen molar-refractivity contribution >= 4 is 6.09 Å². The number of amides is 1. The third kappa shape index (κ3) is 3.37. The molecule has 0 radical (unpaired) electrons. The lowest BCUT2D eigenvalue weighted by molar-refractivity contribution is -0.0304. The molecular formula is C12H23NO3. The maximum Gasteiger partial charge on any atom is 0.405 e. The highest BCUT2D eigenvalue weighted by molar-refractivity contribution is 5.65. The number of ether oxygens (including phenoxy) is 1. The van der Waals surface area contributed by atoms with Gasteiger partial charge in [0.05, 0.1) is 6.10 Å². The first-order valence-electron chi connectivity index (χ1n) is 5.99. The molecule has 4 heteroatoms. The monoisotopic (exact) mass is 229 g/mol. The van der Waals surface area contributed by atoms with E-state index in [0.717, 1.165) is 25.7 Å². The number of carbonyl (C=O) groups is 1. The number of hydrogen-bond acceptors (Lipinski definition) is 3. The first kappa shape index (κ1) is 13.3. The van der Waals surface area contributed by atoms with Gasteiger partial charge < -0.3 is 15.6 Å². The maximum absolute atomic E-state index is 10.8. The van der Waals surface area contributed by atoms with E-state index in [-0.39, 0.29) is 12.0 Å². The van der Waals surface area contributed by atoms with Gasteiger partial charge in [0.2, 0.25) is 0 Å². The van der Waals surface area contributed by atoms with E-state index in [1.807, 2.05) is 13.8 Å². The molecule has 0 aromatic rings. The summed E-state index contributed by atoms with van der Waals surface area (Å²) in [5.41, 5.74) is 4.54. The number of aliphatic hydroxyl groups excluding tert-OH is 1. The largest absolute Gasteiger partial charge is 0.443 e. The van der Waals surface area contributed by atoms with Gasteiger partial charge in [-0.15, -0.1) is 0 Å². The Morgan fingerprint density at radius 3 is 2.31 bits per heavy atom. The lowest BCUT2D eigenvalue weighted by Gasteiger charge is -2.38. The van der Waals surface area contributed by atoms with Gasteiger partial charge in [0, 0.05) is 0 Å². The van der Waals surface area contributed by atoms with Gasteiger partial charge >= 0.3 is 6.09 Å². The van der Waals surface area contributed by atoms with Gasteiger partial charge in [-0.3, -0.25) is 0 Å². The highest BCUT2D eigenvalue weighted by atomic mass is 16.6. The fraction of sp³-hybridized carbons (Fsp3) is 0.917. The predicted molar refractivity (Wildman–Crippen MR) is 61.9 cm³/mol. The molecule has 0 saturated heterocycles. The lowest BCUT2D eigenvalue weighted by atomic mass is 9.73. The minimum atomic E-state index is -0.715. The Balaban J connectivity index is 2.55. The van der Waals surface area contributed by atoms with Crippen molar-refractivity contribution in [2.75, 3.05) is 0 Å². The van der Waals surface area contributed by atoms with E-state index in [0.29, 0.717) is 5.92 Å². The average molecular weight is 229 g/mol. The second-order valence-electron chi connectivity index (χ2n) is 5.38. The Morgan fingerprint density at radius 1 is 1.38 bits per heavy atom. The quantitative estimate of drug-likeness (QED) is 0.778. The van der Waals surface area contributed by atoms with E-state index in [2.05, 4.69) is 6.92 Å². The Morgan fingerprint density at radius 2 is 1.88 bits per heavy atom. The molecule has 1 atom stereocenters. The summed E-state index contributed by atoms with van der Waals surface area (Å²) in [6, 6.07) is 0. The summed E-state index contributed by atoms with van der Waals surface area (Å²) in [7, 11) is 0. The van der Waals surface area contributed by atoms with Gasteiger partial charge in [-0.25, -0.2) is 4.79 Å². The minimum absolute atomic E-state index is 0.149. The van der Waals surface area contributed by atoms with Gasteiger partial charge in [-0.1, -0.05) is 6.92 Å². The van der Waals surface area contributed by atoms with E-state index < -0.39 is 11.7 Å². The molecule has 0 aromatic carbocycles. The fourth-order valence-electron chi connectivity index (χ4n) is 2.52. The van der Waals surface area contributed by atoms with Gasteiger partial charge in [0.25, 0.3) is 0 Å². The molecule has 1 aliphatic rings. The molecule has 0 heterocycles. The van der Waals surface area contributed by atoms with Crippen LogP contribution < -0.4 is 5.73 Å². The summed E-state index contributed by atoms with van der Waals surface area (Å²) in [5.74, 6) is 0.755. The molecule has 3 N–H and O–H groups in total. The zero-order valence-electron chi connectivity index (χ0n) is 10.4. The van der Waals surface area contributed by atoms with Crippen LogP contribution in [0, 0.1) is 11.8 Å². The Labute approximate surface area is 97.2 Å². The molecule has 0 bridgehead atoms. The molecule has 16 heavy (non-hydrogen) atoms. The second-order valence-corrected chi connectivity index (χ2v) is 5.38. The number of carbonyl (C=O) groups excluding carboxylic acids is 1. The molecule has 0 aliphatic heterocycles. The average Bonchev–Trinajstić information content (AvgIpc) is 2.16. The Hall–Kier alpha value is -0.770. The van der Waals surface area contributed by atoms with Gasteiger partial charge in [-0.2, -0.15) is 0 Å². The number of aliphatic hydroxyl groups is 1. The van der Waals surface area contributed by atoms with Crippen molar-refractivity contribution in [2.24, 2.45) is 17.6 Å². The summed E-state index contributed by atoms with van der Waals surface area (Å²) in [6.07, 6.45) is 2.82. The SMILES string of the molecule is CC([C@H]1CC[C@@H](O)CC1)C(C)(C)OC(N)=O. The number of primary amides is 1. The zero-order valence-corrected chi connectivity index (χ0v) is 10.4. The predicted octanol–water partition coefficient (Wildman–Crippen LogP) is 2.05. The molecule has 94 valence electrons. The maximum atomic E-state index is 10.8. The molecule has 1 amide bonds. The van der Waals surface area contributed by atoms with Gasteiger partial charge in [0.1, 0.15) is 5.60 Å². The standard InChI is InChI=1S/C12H23NO3/c1-8(12(2,3)16-11(13)15)9-4-6-10(14)7-5-9/h8-10,14H,4-7H2,1-3H3,(H2,13,15)/t8?,9-,10+. The van der Waals surface area contributed by atoms with Crippen molar-refractivity contribution in [3.63, 3.8) is 0 Å². The van der Waals surface area contributed by atoms with Crippen molar-refractivity contribution in [1.82, 2.24) is 0 Å². The summed E-state index contributed by atoms with van der Waals surface area (Å²) in [4.78, 5) is 10.8.